The lowest BCUT2D eigenvalue weighted by molar-refractivity contribution is 0.0526. The summed E-state index contributed by atoms with van der Waals surface area (Å²) in [5.74, 6) is 1.95. The molecule has 0 aliphatic rings. The highest BCUT2D eigenvalue weighted by molar-refractivity contribution is 9.10. The molecule has 0 unspecified atom stereocenters. The number of anilines is 4. The lowest BCUT2D eigenvalue weighted by Crippen LogP contribution is -2.06. The van der Waals surface area contributed by atoms with Gasteiger partial charge in [0.05, 0.1) is 38.0 Å². The number of carbonyl (C=O) groups excluding carboxylic acids is 1. The first-order valence-corrected chi connectivity index (χ1v) is 10.4. The molecule has 9 nitrogen and oxygen atoms in total. The second kappa shape index (κ2) is 10.7. The maximum absolute atomic E-state index is 12.0. The molecule has 3 rings (SSSR count). The third-order valence-corrected chi connectivity index (χ3v) is 4.88. The predicted molar refractivity (Wildman–Crippen MR) is 125 cm³/mol. The first kappa shape index (κ1) is 23.1. The van der Waals surface area contributed by atoms with Gasteiger partial charge in [0.15, 0.2) is 11.5 Å². The molecule has 168 valence electrons. The van der Waals surface area contributed by atoms with E-state index < -0.39 is 0 Å². The summed E-state index contributed by atoms with van der Waals surface area (Å²) in [6.45, 7) is 2.07. The molecular formula is C22H23BrN4O5. The monoisotopic (exact) mass is 502 g/mol. The van der Waals surface area contributed by atoms with Gasteiger partial charge in [0.1, 0.15) is 5.82 Å². The molecule has 32 heavy (non-hydrogen) atoms. The van der Waals surface area contributed by atoms with Gasteiger partial charge >= 0.3 is 5.97 Å². The van der Waals surface area contributed by atoms with Crippen LogP contribution in [-0.4, -0.2) is 43.9 Å². The number of esters is 1. The second-order valence-corrected chi connectivity index (χ2v) is 7.21. The van der Waals surface area contributed by atoms with E-state index in [2.05, 4.69) is 36.5 Å². The minimum atomic E-state index is -0.386. The van der Waals surface area contributed by atoms with Crippen LogP contribution in [0.25, 0.3) is 0 Å². The standard InChI is InChI=1S/C22H23BrN4O5/c1-5-32-21(28)13-7-6-8-14(9-13)25-20-16(23)12-24-22(27-20)26-15-10-17(29-2)19(31-4)18(11-15)30-3/h6-12H,5H2,1-4H3,(H2,24,25,26,27). The Hall–Kier alpha value is -3.53. The second-order valence-electron chi connectivity index (χ2n) is 6.36. The molecule has 1 heterocycles. The molecule has 0 aliphatic heterocycles. The van der Waals surface area contributed by atoms with E-state index in [9.17, 15) is 4.79 Å². The Morgan fingerprint density at radius 2 is 1.72 bits per heavy atom. The quantitative estimate of drug-likeness (QED) is 0.394. The van der Waals surface area contributed by atoms with Gasteiger partial charge in [-0.15, -0.1) is 0 Å². The number of methoxy groups -OCH3 is 3. The zero-order valence-corrected chi connectivity index (χ0v) is 19.6. The van der Waals surface area contributed by atoms with Gasteiger partial charge in [-0.2, -0.15) is 4.98 Å². The third-order valence-electron chi connectivity index (χ3n) is 4.30. The molecule has 0 radical (unpaired) electrons. The molecule has 0 atom stereocenters. The molecule has 3 aromatic rings. The Morgan fingerprint density at radius 1 is 1.00 bits per heavy atom. The molecule has 0 amide bonds. The van der Waals surface area contributed by atoms with Crippen LogP contribution in [-0.2, 0) is 4.74 Å². The highest BCUT2D eigenvalue weighted by atomic mass is 79.9. The Bertz CT molecular complexity index is 1080. The van der Waals surface area contributed by atoms with E-state index in [1.54, 1.807) is 64.8 Å². The fourth-order valence-electron chi connectivity index (χ4n) is 2.87. The fourth-order valence-corrected chi connectivity index (χ4v) is 3.16. The van der Waals surface area contributed by atoms with E-state index in [0.717, 1.165) is 0 Å². The van der Waals surface area contributed by atoms with Crippen molar-refractivity contribution in [1.82, 2.24) is 9.97 Å². The first-order chi connectivity index (χ1) is 15.5. The molecule has 0 saturated heterocycles. The number of aromatic nitrogens is 2. The molecule has 10 heteroatoms. The van der Waals surface area contributed by atoms with E-state index in [1.165, 1.54) is 0 Å². The van der Waals surface area contributed by atoms with Gasteiger partial charge in [0, 0.05) is 29.7 Å². The summed E-state index contributed by atoms with van der Waals surface area (Å²) >= 11 is 3.45. The van der Waals surface area contributed by atoms with Gasteiger partial charge in [-0.1, -0.05) is 6.07 Å². The maximum Gasteiger partial charge on any atom is 0.338 e. The fraction of sp³-hybridized carbons (Fsp3) is 0.227. The zero-order chi connectivity index (χ0) is 23.1. The summed E-state index contributed by atoms with van der Waals surface area (Å²) in [6.07, 6.45) is 1.62. The van der Waals surface area contributed by atoms with Crippen LogP contribution in [0.4, 0.5) is 23.1 Å². The van der Waals surface area contributed by atoms with Crippen LogP contribution in [0.1, 0.15) is 17.3 Å². The highest BCUT2D eigenvalue weighted by Gasteiger charge is 2.15. The number of benzene rings is 2. The zero-order valence-electron chi connectivity index (χ0n) is 18.1. The Kier molecular flexibility index (Phi) is 7.72. The molecule has 0 bridgehead atoms. The van der Waals surface area contributed by atoms with Gasteiger partial charge < -0.3 is 29.6 Å². The number of halogens is 1. The summed E-state index contributed by atoms with van der Waals surface area (Å²) in [6, 6.07) is 10.5. The normalized spacial score (nSPS) is 10.3. The van der Waals surface area contributed by atoms with Crippen molar-refractivity contribution >= 4 is 45.0 Å². The number of hydrogen-bond donors (Lipinski definition) is 2. The minimum absolute atomic E-state index is 0.309. The number of hydrogen-bond acceptors (Lipinski definition) is 9. The van der Waals surface area contributed by atoms with E-state index in [4.69, 9.17) is 18.9 Å². The summed E-state index contributed by atoms with van der Waals surface area (Å²) < 4.78 is 21.8. The van der Waals surface area contributed by atoms with E-state index >= 15 is 0 Å². The maximum atomic E-state index is 12.0. The third kappa shape index (κ3) is 5.38. The van der Waals surface area contributed by atoms with Crippen LogP contribution in [0.3, 0.4) is 0 Å². The molecule has 0 fully saturated rings. The van der Waals surface area contributed by atoms with Gasteiger partial charge in [0.25, 0.3) is 0 Å². The van der Waals surface area contributed by atoms with Crippen LogP contribution in [0, 0.1) is 0 Å². The molecule has 0 spiro atoms. The SMILES string of the molecule is CCOC(=O)c1cccc(Nc2nc(Nc3cc(OC)c(OC)c(OC)c3)ncc2Br)c1. The van der Waals surface area contributed by atoms with E-state index in [-0.39, 0.29) is 5.97 Å². The van der Waals surface area contributed by atoms with Crippen molar-refractivity contribution in [3.63, 3.8) is 0 Å². The van der Waals surface area contributed by atoms with E-state index in [1.807, 2.05) is 6.07 Å². The highest BCUT2D eigenvalue weighted by Crippen LogP contribution is 2.40. The lowest BCUT2D eigenvalue weighted by atomic mass is 10.2. The Balaban J connectivity index is 1.86. The number of nitrogens with one attached hydrogen (secondary N) is 2. The smallest absolute Gasteiger partial charge is 0.338 e. The first-order valence-electron chi connectivity index (χ1n) is 9.62. The largest absolute Gasteiger partial charge is 0.493 e. The van der Waals surface area contributed by atoms with Gasteiger partial charge in [-0.25, -0.2) is 9.78 Å². The van der Waals surface area contributed by atoms with E-state index in [0.29, 0.717) is 57.0 Å². The van der Waals surface area contributed by atoms with Crippen molar-refractivity contribution < 1.29 is 23.7 Å². The Labute approximate surface area is 194 Å². The number of nitrogens with zero attached hydrogens (tertiary/aromatic N) is 2. The van der Waals surface area contributed by atoms with Crippen molar-refractivity contribution in [3.05, 3.63) is 52.6 Å². The van der Waals surface area contributed by atoms with Crippen molar-refractivity contribution in [2.24, 2.45) is 0 Å². The number of ether oxygens (including phenoxy) is 4. The van der Waals surface area contributed by atoms with Crippen molar-refractivity contribution in [1.29, 1.82) is 0 Å². The molecular weight excluding hydrogens is 480 g/mol. The summed E-state index contributed by atoms with van der Waals surface area (Å²) in [7, 11) is 4.63. The summed E-state index contributed by atoms with van der Waals surface area (Å²) in [5, 5.41) is 6.32. The van der Waals surface area contributed by atoms with Crippen molar-refractivity contribution in [2.45, 2.75) is 6.92 Å². The van der Waals surface area contributed by atoms with Crippen molar-refractivity contribution in [2.75, 3.05) is 38.6 Å². The molecule has 1 aromatic heterocycles. The number of rotatable bonds is 9. The van der Waals surface area contributed by atoms with Crippen LogP contribution < -0.4 is 24.8 Å². The predicted octanol–water partition coefficient (Wildman–Crippen LogP) is 4.93. The molecule has 0 aliphatic carbocycles. The molecule has 2 aromatic carbocycles. The molecule has 2 N–H and O–H groups in total. The van der Waals surface area contributed by atoms with Crippen LogP contribution in [0.15, 0.2) is 47.1 Å². The van der Waals surface area contributed by atoms with Gasteiger partial charge in [-0.05, 0) is 41.1 Å². The van der Waals surface area contributed by atoms with Crippen molar-refractivity contribution in [3.8, 4) is 17.2 Å². The van der Waals surface area contributed by atoms with Crippen LogP contribution in [0.5, 0.6) is 17.2 Å². The lowest BCUT2D eigenvalue weighted by Gasteiger charge is -2.15. The average Bonchev–Trinajstić information content (AvgIpc) is 2.80. The number of carbonyl (C=O) groups is 1. The van der Waals surface area contributed by atoms with Crippen LogP contribution >= 0.6 is 15.9 Å². The van der Waals surface area contributed by atoms with Gasteiger partial charge in [-0.3, -0.25) is 0 Å². The Morgan fingerprint density at radius 3 is 2.34 bits per heavy atom. The van der Waals surface area contributed by atoms with Crippen LogP contribution in [0.2, 0.25) is 0 Å². The minimum Gasteiger partial charge on any atom is -0.493 e. The summed E-state index contributed by atoms with van der Waals surface area (Å²) in [5.41, 5.74) is 1.77. The average molecular weight is 503 g/mol. The topological polar surface area (TPSA) is 104 Å². The van der Waals surface area contributed by atoms with Gasteiger partial charge in [0.2, 0.25) is 11.7 Å². The summed E-state index contributed by atoms with van der Waals surface area (Å²) in [4.78, 5) is 20.8. The molecule has 0 saturated carbocycles.